The summed E-state index contributed by atoms with van der Waals surface area (Å²) in [6.07, 6.45) is 0. The van der Waals surface area contributed by atoms with Gasteiger partial charge in [0, 0.05) is 53.9 Å². The van der Waals surface area contributed by atoms with Crippen molar-refractivity contribution in [2.24, 2.45) is 0 Å². The lowest BCUT2D eigenvalue weighted by molar-refractivity contribution is 0.669. The molecule has 0 saturated heterocycles. The van der Waals surface area contributed by atoms with Gasteiger partial charge in [0.2, 0.25) is 0 Å². The molecule has 0 fully saturated rings. The van der Waals surface area contributed by atoms with Crippen LogP contribution in [0.5, 0.6) is 0 Å². The average Bonchev–Trinajstić information content (AvgIpc) is 3.86. The molecule has 0 bridgehead atoms. The Hall–Kier alpha value is -7.20. The molecular formula is C54H35NOS. The number of thiophene rings is 1. The van der Waals surface area contributed by atoms with Crippen LogP contribution in [0.25, 0.3) is 86.6 Å². The number of furan rings is 1. The minimum absolute atomic E-state index is 0.860. The maximum absolute atomic E-state index is 6.55. The van der Waals surface area contributed by atoms with Gasteiger partial charge in [-0.3, -0.25) is 0 Å². The second kappa shape index (κ2) is 13.8. The number of nitrogens with zero attached hydrogens (tertiary/aromatic N) is 1. The second-order valence-electron chi connectivity index (χ2n) is 14.5. The number of benzene rings is 9. The molecule has 0 amide bonds. The third-order valence-electron chi connectivity index (χ3n) is 11.1. The van der Waals surface area contributed by atoms with Crippen LogP contribution in [0.4, 0.5) is 17.1 Å². The Bertz CT molecular complexity index is 3220. The maximum Gasteiger partial charge on any atom is 0.137 e. The smallest absolute Gasteiger partial charge is 0.137 e. The summed E-state index contributed by atoms with van der Waals surface area (Å²) in [4.78, 5) is 2.43. The van der Waals surface area contributed by atoms with Crippen molar-refractivity contribution in [3.8, 4) is 44.5 Å². The quantitative estimate of drug-likeness (QED) is 0.162. The van der Waals surface area contributed by atoms with Gasteiger partial charge in [-0.15, -0.1) is 11.3 Å². The largest absolute Gasteiger partial charge is 0.456 e. The maximum atomic E-state index is 6.55. The van der Waals surface area contributed by atoms with Crippen LogP contribution in [-0.2, 0) is 0 Å². The minimum Gasteiger partial charge on any atom is -0.456 e. The van der Waals surface area contributed by atoms with Gasteiger partial charge in [-0.05, 0) is 87.5 Å². The van der Waals surface area contributed by atoms with Crippen LogP contribution in [-0.4, -0.2) is 0 Å². The van der Waals surface area contributed by atoms with Crippen molar-refractivity contribution in [1.82, 2.24) is 0 Å². The first kappa shape index (κ1) is 33.2. The van der Waals surface area contributed by atoms with Gasteiger partial charge >= 0.3 is 0 Å². The predicted octanol–water partition coefficient (Wildman–Crippen LogP) is 16.1. The first-order valence-electron chi connectivity index (χ1n) is 19.3. The Labute approximate surface area is 335 Å². The number of hydrogen-bond donors (Lipinski definition) is 0. The molecule has 2 nitrogen and oxygen atoms in total. The molecule has 2 aromatic heterocycles. The van der Waals surface area contributed by atoms with Gasteiger partial charge in [0.25, 0.3) is 0 Å². The molecule has 11 aromatic rings. The molecule has 0 aliphatic rings. The highest BCUT2D eigenvalue weighted by atomic mass is 32.1. The molecule has 0 aliphatic carbocycles. The standard InChI is InChI=1S/C54H35NOS/c1-4-14-36(15-5-1)37-24-26-40(27-25-37)53-48(32-33-52-54(53)46-21-11-13-23-51(46)57-52)55(42-29-31-45-44-20-10-12-22-49(44)56-50(45)35-42)41-28-30-43(38-16-6-2-7-17-38)47(34-41)39-18-8-3-9-19-39/h1-35H. The van der Waals surface area contributed by atoms with Crippen LogP contribution in [0, 0.1) is 0 Å². The molecular weight excluding hydrogens is 711 g/mol. The molecule has 268 valence electrons. The van der Waals surface area contributed by atoms with Crippen LogP contribution < -0.4 is 4.90 Å². The summed E-state index contributed by atoms with van der Waals surface area (Å²) in [6, 6.07) is 76.5. The summed E-state index contributed by atoms with van der Waals surface area (Å²) in [6.45, 7) is 0. The Morgan fingerprint density at radius 1 is 0.351 bits per heavy atom. The molecule has 9 aromatic carbocycles. The van der Waals surface area contributed by atoms with Crippen molar-refractivity contribution in [3.63, 3.8) is 0 Å². The molecule has 0 atom stereocenters. The van der Waals surface area contributed by atoms with Crippen molar-refractivity contribution >= 4 is 70.5 Å². The van der Waals surface area contributed by atoms with Gasteiger partial charge in [0.05, 0.1) is 5.69 Å². The zero-order chi connectivity index (χ0) is 37.7. The van der Waals surface area contributed by atoms with E-state index in [0.29, 0.717) is 0 Å². The topological polar surface area (TPSA) is 16.4 Å². The summed E-state index contributed by atoms with van der Waals surface area (Å²) in [7, 11) is 0. The highest BCUT2D eigenvalue weighted by Crippen LogP contribution is 2.50. The number of fused-ring (bicyclic) bond motifs is 6. The van der Waals surface area contributed by atoms with Gasteiger partial charge in [0.15, 0.2) is 0 Å². The van der Waals surface area contributed by atoms with E-state index in [2.05, 4.69) is 205 Å². The zero-order valence-corrected chi connectivity index (χ0v) is 31.8. The number of para-hydroxylation sites is 1. The van der Waals surface area contributed by atoms with Gasteiger partial charge in [0.1, 0.15) is 11.2 Å². The molecule has 57 heavy (non-hydrogen) atoms. The third-order valence-corrected chi connectivity index (χ3v) is 12.2. The van der Waals surface area contributed by atoms with Crippen LogP contribution in [0.2, 0.25) is 0 Å². The lowest BCUT2D eigenvalue weighted by atomic mass is 9.92. The van der Waals surface area contributed by atoms with Crippen molar-refractivity contribution in [3.05, 3.63) is 212 Å². The molecule has 0 saturated carbocycles. The van der Waals surface area contributed by atoms with Gasteiger partial charge in [-0.1, -0.05) is 158 Å². The highest BCUT2D eigenvalue weighted by Gasteiger charge is 2.24. The highest BCUT2D eigenvalue weighted by molar-refractivity contribution is 7.26. The molecule has 0 N–H and O–H groups in total. The molecule has 0 radical (unpaired) electrons. The van der Waals surface area contributed by atoms with Crippen LogP contribution in [0.3, 0.4) is 0 Å². The Morgan fingerprint density at radius 2 is 0.912 bits per heavy atom. The number of rotatable bonds is 7. The fourth-order valence-electron chi connectivity index (χ4n) is 8.42. The van der Waals surface area contributed by atoms with E-state index in [1.807, 2.05) is 23.5 Å². The number of hydrogen-bond acceptors (Lipinski definition) is 3. The summed E-state index contributed by atoms with van der Waals surface area (Å²) >= 11 is 1.85. The lowest BCUT2D eigenvalue weighted by Crippen LogP contribution is -2.11. The van der Waals surface area contributed by atoms with E-state index in [1.165, 1.54) is 59.1 Å². The minimum atomic E-state index is 0.860. The van der Waals surface area contributed by atoms with E-state index >= 15 is 0 Å². The lowest BCUT2D eigenvalue weighted by Gasteiger charge is -2.29. The molecule has 11 rings (SSSR count). The van der Waals surface area contributed by atoms with Crippen molar-refractivity contribution in [2.45, 2.75) is 0 Å². The van der Waals surface area contributed by atoms with E-state index in [-0.39, 0.29) is 0 Å². The van der Waals surface area contributed by atoms with E-state index in [1.54, 1.807) is 0 Å². The zero-order valence-electron chi connectivity index (χ0n) is 31.0. The van der Waals surface area contributed by atoms with Gasteiger partial charge < -0.3 is 9.32 Å². The fourth-order valence-corrected chi connectivity index (χ4v) is 9.54. The van der Waals surface area contributed by atoms with Crippen LogP contribution in [0.15, 0.2) is 217 Å². The predicted molar refractivity (Wildman–Crippen MR) is 243 cm³/mol. The van der Waals surface area contributed by atoms with E-state index in [0.717, 1.165) is 44.6 Å². The summed E-state index contributed by atoms with van der Waals surface area (Å²) in [5.74, 6) is 0. The monoisotopic (exact) mass is 745 g/mol. The Balaban J connectivity index is 1.20. The fraction of sp³-hybridized carbons (Fsp3) is 0. The van der Waals surface area contributed by atoms with Crippen molar-refractivity contribution in [2.75, 3.05) is 4.90 Å². The van der Waals surface area contributed by atoms with Gasteiger partial charge in [-0.2, -0.15) is 0 Å². The molecule has 2 heterocycles. The molecule has 0 unspecified atom stereocenters. The first-order valence-corrected chi connectivity index (χ1v) is 20.1. The van der Waals surface area contributed by atoms with E-state index < -0.39 is 0 Å². The third kappa shape index (κ3) is 5.80. The molecule has 0 spiro atoms. The van der Waals surface area contributed by atoms with Crippen LogP contribution in [0.1, 0.15) is 0 Å². The van der Waals surface area contributed by atoms with Crippen molar-refractivity contribution < 1.29 is 4.42 Å². The SMILES string of the molecule is c1ccc(-c2ccc(-c3c(N(c4ccc(-c5ccccc5)c(-c5ccccc5)c4)c4ccc5c(c4)oc4ccccc45)ccc4sc5ccccc5c34)cc2)cc1. The summed E-state index contributed by atoms with van der Waals surface area (Å²) in [5.41, 5.74) is 14.4. The first-order chi connectivity index (χ1) is 28.3. The van der Waals surface area contributed by atoms with E-state index in [9.17, 15) is 0 Å². The summed E-state index contributed by atoms with van der Waals surface area (Å²) < 4.78 is 9.09. The summed E-state index contributed by atoms with van der Waals surface area (Å²) in [5, 5.41) is 4.75. The molecule has 0 aliphatic heterocycles. The normalized spacial score (nSPS) is 11.5. The Morgan fingerprint density at radius 3 is 1.67 bits per heavy atom. The van der Waals surface area contributed by atoms with Gasteiger partial charge in [-0.25, -0.2) is 0 Å². The Kier molecular flexibility index (Phi) is 8.04. The van der Waals surface area contributed by atoms with E-state index in [4.69, 9.17) is 4.42 Å². The van der Waals surface area contributed by atoms with Crippen molar-refractivity contribution in [1.29, 1.82) is 0 Å². The second-order valence-corrected chi connectivity index (χ2v) is 15.5. The van der Waals surface area contributed by atoms with Crippen LogP contribution >= 0.6 is 11.3 Å². The number of anilines is 3. The molecule has 3 heteroatoms. The average molecular weight is 746 g/mol.